The number of phenolic OH excluding ortho intramolecular Hbond substituents is 1. The lowest BCUT2D eigenvalue weighted by Gasteiger charge is -2.30. The summed E-state index contributed by atoms with van der Waals surface area (Å²) in [6.07, 6.45) is 1.48. The van der Waals surface area contributed by atoms with Gasteiger partial charge in [0, 0.05) is 6.54 Å². The number of sulfone groups is 1. The summed E-state index contributed by atoms with van der Waals surface area (Å²) in [5, 5.41) is 9.52. The van der Waals surface area contributed by atoms with E-state index in [0.29, 0.717) is 18.5 Å². The van der Waals surface area contributed by atoms with Gasteiger partial charge in [0.15, 0.2) is 15.6 Å². The maximum absolute atomic E-state index is 12.7. The smallest absolute Gasteiger partial charge is 0.186 e. The van der Waals surface area contributed by atoms with Crippen LogP contribution in [0.3, 0.4) is 0 Å². The highest BCUT2D eigenvalue weighted by molar-refractivity contribution is 7.92. The summed E-state index contributed by atoms with van der Waals surface area (Å²) in [7, 11) is -1.64. The number of hydrogen-bond donors (Lipinski definition) is 2. The molecule has 1 aliphatic heterocycles. The van der Waals surface area contributed by atoms with Gasteiger partial charge >= 0.3 is 0 Å². The lowest BCUT2D eigenvalue weighted by atomic mass is 10.1. The van der Waals surface area contributed by atoms with E-state index in [2.05, 4.69) is 0 Å². The normalized spacial score (nSPS) is 21.5. The molecule has 0 aromatic heterocycles. The number of phenols is 1. The van der Waals surface area contributed by atoms with Crippen molar-refractivity contribution in [1.29, 1.82) is 0 Å². The second-order valence-corrected chi connectivity index (χ2v) is 7.39. The van der Waals surface area contributed by atoms with Gasteiger partial charge in [0.05, 0.1) is 10.9 Å². The van der Waals surface area contributed by atoms with Crippen LogP contribution in [0.1, 0.15) is 18.4 Å². The third-order valence-corrected chi connectivity index (χ3v) is 6.01. The summed E-state index contributed by atoms with van der Waals surface area (Å²) < 4.78 is 25.4. The first kappa shape index (κ1) is 14.1. The third kappa shape index (κ3) is 2.55. The minimum absolute atomic E-state index is 0.00667. The number of benzene rings is 1. The molecule has 0 spiro atoms. The first-order chi connectivity index (χ1) is 8.84. The Morgan fingerprint density at radius 2 is 2.11 bits per heavy atom. The molecule has 0 saturated carbocycles. The van der Waals surface area contributed by atoms with Crippen molar-refractivity contribution in [3.8, 4) is 5.75 Å². The van der Waals surface area contributed by atoms with Crippen molar-refractivity contribution in [2.24, 2.45) is 0 Å². The van der Waals surface area contributed by atoms with Gasteiger partial charge in [0.25, 0.3) is 0 Å². The van der Waals surface area contributed by atoms with E-state index in [4.69, 9.17) is 5.73 Å². The molecule has 1 heterocycles. The molecule has 6 heteroatoms. The number of anilines is 1. The van der Waals surface area contributed by atoms with Gasteiger partial charge in [-0.3, -0.25) is 0 Å². The third-order valence-electron chi connectivity index (χ3n) is 3.66. The SMILES string of the molecule is Cc1ccc(N)c(O)c1S(=O)(=O)[C@H]1CCCN(C)C1. The van der Waals surface area contributed by atoms with Crippen LogP contribution in [0.25, 0.3) is 0 Å². The van der Waals surface area contributed by atoms with E-state index in [1.165, 1.54) is 6.07 Å². The average molecular weight is 284 g/mol. The van der Waals surface area contributed by atoms with E-state index in [9.17, 15) is 13.5 Å². The molecular formula is C13H20N2O3S. The van der Waals surface area contributed by atoms with E-state index in [1.807, 2.05) is 11.9 Å². The van der Waals surface area contributed by atoms with Crippen molar-refractivity contribution in [2.45, 2.75) is 29.9 Å². The number of hydrogen-bond acceptors (Lipinski definition) is 5. The molecule has 1 aromatic carbocycles. The maximum Gasteiger partial charge on any atom is 0.186 e. The first-order valence-electron chi connectivity index (χ1n) is 6.34. The quantitative estimate of drug-likeness (QED) is 0.629. The second-order valence-electron chi connectivity index (χ2n) is 5.22. The summed E-state index contributed by atoms with van der Waals surface area (Å²) in [5.74, 6) is -0.312. The number of aryl methyl sites for hydroxylation is 1. The molecule has 1 atom stereocenters. The van der Waals surface area contributed by atoms with E-state index in [1.54, 1.807) is 13.0 Å². The van der Waals surface area contributed by atoms with Gasteiger partial charge in [0.2, 0.25) is 0 Å². The number of nitrogens with two attached hydrogens (primary N) is 1. The summed E-state index contributed by atoms with van der Waals surface area (Å²) >= 11 is 0. The number of rotatable bonds is 2. The number of aromatic hydroxyl groups is 1. The van der Waals surface area contributed by atoms with Crippen LogP contribution in [-0.4, -0.2) is 43.8 Å². The van der Waals surface area contributed by atoms with Crippen molar-refractivity contribution in [1.82, 2.24) is 4.90 Å². The minimum Gasteiger partial charge on any atom is -0.504 e. The van der Waals surface area contributed by atoms with Crippen LogP contribution in [0.2, 0.25) is 0 Å². The fourth-order valence-electron chi connectivity index (χ4n) is 2.59. The Labute approximate surface area is 113 Å². The standard InChI is InChI=1S/C13H20N2O3S/c1-9-5-6-11(14)12(16)13(9)19(17,18)10-4-3-7-15(2)8-10/h5-6,10,16H,3-4,7-8,14H2,1-2H3/t10-/m0/s1. The Bertz CT molecular complexity index is 584. The fraction of sp³-hybridized carbons (Fsp3) is 0.538. The topological polar surface area (TPSA) is 83.6 Å². The number of nitrogens with zero attached hydrogens (tertiary/aromatic N) is 1. The minimum atomic E-state index is -3.55. The van der Waals surface area contributed by atoms with E-state index in [-0.39, 0.29) is 16.3 Å². The Kier molecular flexibility index (Phi) is 3.73. The number of piperidine rings is 1. The molecular weight excluding hydrogens is 264 g/mol. The van der Waals surface area contributed by atoms with Crippen LogP contribution in [0, 0.1) is 6.92 Å². The van der Waals surface area contributed by atoms with Crippen LogP contribution >= 0.6 is 0 Å². The first-order valence-corrected chi connectivity index (χ1v) is 7.89. The van der Waals surface area contributed by atoms with Crippen LogP contribution in [-0.2, 0) is 9.84 Å². The Hall–Kier alpha value is -1.27. The van der Waals surface area contributed by atoms with Gasteiger partial charge < -0.3 is 15.7 Å². The molecule has 0 radical (unpaired) electrons. The Morgan fingerprint density at radius 1 is 1.42 bits per heavy atom. The van der Waals surface area contributed by atoms with Crippen LogP contribution < -0.4 is 5.73 Å². The van der Waals surface area contributed by atoms with Gasteiger partial charge in [0.1, 0.15) is 4.90 Å². The predicted molar refractivity (Wildman–Crippen MR) is 75.0 cm³/mol. The summed E-state index contributed by atoms with van der Waals surface area (Å²) in [4.78, 5) is 2.00. The van der Waals surface area contributed by atoms with Crippen molar-refractivity contribution in [3.63, 3.8) is 0 Å². The highest BCUT2D eigenvalue weighted by atomic mass is 32.2. The molecule has 1 fully saturated rings. The molecule has 2 rings (SSSR count). The van der Waals surface area contributed by atoms with Crippen molar-refractivity contribution >= 4 is 15.5 Å². The van der Waals surface area contributed by atoms with Crippen molar-refractivity contribution in [3.05, 3.63) is 17.7 Å². The van der Waals surface area contributed by atoms with E-state index < -0.39 is 15.1 Å². The zero-order chi connectivity index (χ0) is 14.2. The lowest BCUT2D eigenvalue weighted by molar-refractivity contribution is 0.277. The molecule has 19 heavy (non-hydrogen) atoms. The maximum atomic E-state index is 12.7. The largest absolute Gasteiger partial charge is 0.504 e. The zero-order valence-corrected chi connectivity index (χ0v) is 12.1. The number of nitrogen functional groups attached to an aromatic ring is 1. The molecule has 0 aliphatic carbocycles. The average Bonchev–Trinajstić information content (AvgIpc) is 2.34. The van der Waals surface area contributed by atoms with E-state index >= 15 is 0 Å². The highest BCUT2D eigenvalue weighted by Gasteiger charge is 2.34. The fourth-order valence-corrected chi connectivity index (χ4v) is 4.75. The monoisotopic (exact) mass is 284 g/mol. The molecule has 1 aromatic rings. The number of likely N-dealkylation sites (tertiary alicyclic amines) is 1. The van der Waals surface area contributed by atoms with Gasteiger partial charge in [-0.25, -0.2) is 8.42 Å². The highest BCUT2D eigenvalue weighted by Crippen LogP contribution is 2.35. The van der Waals surface area contributed by atoms with Gasteiger partial charge in [-0.15, -0.1) is 0 Å². The second kappa shape index (κ2) is 5.02. The molecule has 106 valence electrons. The Balaban J connectivity index is 2.48. The molecule has 1 aliphatic rings. The Morgan fingerprint density at radius 3 is 2.74 bits per heavy atom. The summed E-state index contributed by atoms with van der Waals surface area (Å²) in [5.41, 5.74) is 6.26. The van der Waals surface area contributed by atoms with Gasteiger partial charge in [-0.05, 0) is 45.0 Å². The van der Waals surface area contributed by atoms with Crippen molar-refractivity contribution in [2.75, 3.05) is 25.9 Å². The van der Waals surface area contributed by atoms with Crippen LogP contribution in [0.15, 0.2) is 17.0 Å². The van der Waals surface area contributed by atoms with Crippen LogP contribution in [0.5, 0.6) is 5.75 Å². The predicted octanol–water partition coefficient (Wildman–Crippen LogP) is 1.15. The lowest BCUT2D eigenvalue weighted by Crippen LogP contribution is -2.40. The van der Waals surface area contributed by atoms with Gasteiger partial charge in [-0.1, -0.05) is 6.07 Å². The van der Waals surface area contributed by atoms with Crippen molar-refractivity contribution < 1.29 is 13.5 Å². The van der Waals surface area contributed by atoms with Crippen LogP contribution in [0.4, 0.5) is 5.69 Å². The molecule has 0 amide bonds. The molecule has 5 nitrogen and oxygen atoms in total. The molecule has 0 bridgehead atoms. The summed E-state index contributed by atoms with van der Waals surface area (Å²) in [6.45, 7) is 3.09. The van der Waals surface area contributed by atoms with Gasteiger partial charge in [-0.2, -0.15) is 0 Å². The van der Waals surface area contributed by atoms with E-state index in [0.717, 1.165) is 13.0 Å². The molecule has 1 saturated heterocycles. The zero-order valence-electron chi connectivity index (χ0n) is 11.3. The molecule has 0 unspecified atom stereocenters. The molecule has 3 N–H and O–H groups in total. The summed E-state index contributed by atoms with van der Waals surface area (Å²) in [6, 6.07) is 3.16.